The molecule has 2 aromatic rings. The van der Waals surface area contributed by atoms with Gasteiger partial charge in [-0.05, 0) is 18.2 Å². The topological polar surface area (TPSA) is 49.3 Å². The first kappa shape index (κ1) is 16.3. The lowest BCUT2D eigenvalue weighted by atomic mass is 10.3. The van der Waals surface area contributed by atoms with Gasteiger partial charge in [-0.15, -0.1) is 22.7 Å². The lowest BCUT2D eigenvalue weighted by Gasteiger charge is -2.01. The fraction of sp³-hybridized carbons (Fsp3) is 0.214. The van der Waals surface area contributed by atoms with Gasteiger partial charge >= 0.3 is 0 Å². The first-order chi connectivity index (χ1) is 10.1. The molecule has 1 amide bonds. The van der Waals surface area contributed by atoms with Crippen LogP contribution in [0.3, 0.4) is 0 Å². The van der Waals surface area contributed by atoms with Crippen molar-refractivity contribution in [1.82, 2.24) is 5.32 Å². The van der Waals surface area contributed by atoms with Crippen LogP contribution in [-0.4, -0.2) is 17.6 Å². The number of hydrogen-bond acceptors (Lipinski definition) is 4. The molecule has 2 rings (SSSR count). The van der Waals surface area contributed by atoms with E-state index in [1.54, 1.807) is 6.07 Å². The van der Waals surface area contributed by atoms with E-state index in [-0.39, 0.29) is 12.5 Å². The lowest BCUT2D eigenvalue weighted by Crippen LogP contribution is -2.21. The number of rotatable bonds is 4. The number of thiophene rings is 2. The highest BCUT2D eigenvalue weighted by Gasteiger charge is 2.14. The standard InChI is InChI=1S/C14H11Cl2NO2S2/c15-12-7-11(13(16)21-12)14(19)17-8-10-5-4-9(20-10)3-1-2-6-18/h4-5,7,18H,2,6,8H2,(H,17,19). The molecule has 7 heteroatoms. The second-order valence-electron chi connectivity index (χ2n) is 3.96. The number of aliphatic hydroxyl groups excluding tert-OH is 1. The molecule has 0 saturated carbocycles. The number of hydrogen-bond donors (Lipinski definition) is 2. The predicted molar refractivity (Wildman–Crippen MR) is 88.4 cm³/mol. The van der Waals surface area contributed by atoms with Gasteiger partial charge in [-0.1, -0.05) is 35.0 Å². The molecule has 0 atom stereocenters. The normalized spacial score (nSPS) is 10.0. The molecule has 2 heterocycles. The Morgan fingerprint density at radius 1 is 1.33 bits per heavy atom. The van der Waals surface area contributed by atoms with Gasteiger partial charge < -0.3 is 10.4 Å². The zero-order valence-electron chi connectivity index (χ0n) is 10.8. The summed E-state index contributed by atoms with van der Waals surface area (Å²) in [6, 6.07) is 5.37. The van der Waals surface area contributed by atoms with Crippen LogP contribution in [0.25, 0.3) is 0 Å². The number of carbonyl (C=O) groups is 1. The Labute approximate surface area is 140 Å². The van der Waals surface area contributed by atoms with E-state index in [4.69, 9.17) is 28.3 Å². The van der Waals surface area contributed by atoms with Crippen molar-refractivity contribution >= 4 is 51.8 Å². The summed E-state index contributed by atoms with van der Waals surface area (Å²) in [5.74, 6) is 5.57. The fourth-order valence-electron chi connectivity index (χ4n) is 1.50. The smallest absolute Gasteiger partial charge is 0.254 e. The number of carbonyl (C=O) groups excluding carboxylic acids is 1. The van der Waals surface area contributed by atoms with Crippen LogP contribution in [0.2, 0.25) is 8.67 Å². The summed E-state index contributed by atoms with van der Waals surface area (Å²) in [5.41, 5.74) is 0.395. The van der Waals surface area contributed by atoms with Crippen molar-refractivity contribution in [2.45, 2.75) is 13.0 Å². The second kappa shape index (κ2) is 7.83. The third kappa shape index (κ3) is 4.73. The van der Waals surface area contributed by atoms with Crippen LogP contribution in [0.15, 0.2) is 18.2 Å². The van der Waals surface area contributed by atoms with Crippen molar-refractivity contribution in [3.63, 3.8) is 0 Å². The molecule has 0 bridgehead atoms. The van der Waals surface area contributed by atoms with Crippen LogP contribution in [0.5, 0.6) is 0 Å². The lowest BCUT2D eigenvalue weighted by molar-refractivity contribution is 0.0952. The minimum Gasteiger partial charge on any atom is -0.395 e. The maximum Gasteiger partial charge on any atom is 0.254 e. The van der Waals surface area contributed by atoms with Gasteiger partial charge in [0, 0.05) is 11.3 Å². The molecule has 0 aliphatic rings. The summed E-state index contributed by atoms with van der Waals surface area (Å²) in [7, 11) is 0. The quantitative estimate of drug-likeness (QED) is 0.816. The van der Waals surface area contributed by atoms with E-state index in [2.05, 4.69) is 17.2 Å². The van der Waals surface area contributed by atoms with Gasteiger partial charge in [-0.3, -0.25) is 4.79 Å². The Kier molecular flexibility index (Phi) is 6.09. The van der Waals surface area contributed by atoms with Crippen molar-refractivity contribution in [2.24, 2.45) is 0 Å². The fourth-order valence-corrected chi connectivity index (χ4v) is 3.78. The first-order valence-corrected chi connectivity index (χ1v) is 8.40. The third-order valence-corrected chi connectivity index (χ3v) is 4.92. The maximum atomic E-state index is 12.0. The molecule has 21 heavy (non-hydrogen) atoms. The summed E-state index contributed by atoms with van der Waals surface area (Å²) in [4.78, 5) is 13.9. The molecule has 0 spiro atoms. The van der Waals surface area contributed by atoms with Crippen molar-refractivity contribution < 1.29 is 9.90 Å². The number of nitrogens with one attached hydrogen (secondary N) is 1. The summed E-state index contributed by atoms with van der Waals surface area (Å²) in [6.07, 6.45) is 0.460. The molecule has 0 radical (unpaired) electrons. The SMILES string of the molecule is O=C(NCc1ccc(C#CCCO)s1)c1cc(Cl)sc1Cl. The van der Waals surface area contributed by atoms with Crippen molar-refractivity contribution in [2.75, 3.05) is 6.61 Å². The summed E-state index contributed by atoms with van der Waals surface area (Å²) >= 11 is 14.4. The molecule has 3 nitrogen and oxygen atoms in total. The van der Waals surface area contributed by atoms with E-state index in [0.29, 0.717) is 27.2 Å². The molecule has 110 valence electrons. The van der Waals surface area contributed by atoms with Crippen LogP contribution in [-0.2, 0) is 6.54 Å². The summed E-state index contributed by atoms with van der Waals surface area (Å²) in [5, 5.41) is 11.5. The van der Waals surface area contributed by atoms with E-state index >= 15 is 0 Å². The Bertz CT molecular complexity index is 697. The number of amides is 1. The highest BCUT2D eigenvalue weighted by Crippen LogP contribution is 2.31. The van der Waals surface area contributed by atoms with Gasteiger partial charge in [0.15, 0.2) is 0 Å². The number of halogens is 2. The zero-order valence-corrected chi connectivity index (χ0v) is 13.9. The average molecular weight is 360 g/mol. The molecule has 0 aromatic carbocycles. The van der Waals surface area contributed by atoms with Gasteiger partial charge in [-0.25, -0.2) is 0 Å². The van der Waals surface area contributed by atoms with Crippen LogP contribution >= 0.6 is 45.9 Å². The molecule has 0 fully saturated rings. The highest BCUT2D eigenvalue weighted by atomic mass is 35.5. The van der Waals surface area contributed by atoms with E-state index in [1.165, 1.54) is 22.7 Å². The largest absolute Gasteiger partial charge is 0.395 e. The monoisotopic (exact) mass is 359 g/mol. The van der Waals surface area contributed by atoms with Gasteiger partial charge in [0.25, 0.3) is 5.91 Å². The van der Waals surface area contributed by atoms with Gasteiger partial charge in [0.05, 0.1) is 27.9 Å². The predicted octanol–water partition coefficient (Wildman–Crippen LogP) is 3.78. The highest BCUT2D eigenvalue weighted by molar-refractivity contribution is 7.20. The molecule has 0 aliphatic carbocycles. The van der Waals surface area contributed by atoms with Crippen molar-refractivity contribution in [3.8, 4) is 11.8 Å². The van der Waals surface area contributed by atoms with E-state index in [9.17, 15) is 4.79 Å². The Balaban J connectivity index is 1.93. The minimum absolute atomic E-state index is 0.0608. The number of aliphatic hydroxyl groups is 1. The summed E-state index contributed by atoms with van der Waals surface area (Å²) in [6.45, 7) is 0.472. The Hall–Kier alpha value is -1.03. The maximum absolute atomic E-state index is 12.0. The van der Waals surface area contributed by atoms with Crippen LogP contribution in [0, 0.1) is 11.8 Å². The van der Waals surface area contributed by atoms with Crippen LogP contribution < -0.4 is 5.32 Å². The Morgan fingerprint density at radius 3 is 2.81 bits per heavy atom. The van der Waals surface area contributed by atoms with Crippen LogP contribution in [0.1, 0.15) is 26.5 Å². The molecule has 0 saturated heterocycles. The zero-order chi connectivity index (χ0) is 15.2. The molecule has 0 unspecified atom stereocenters. The van der Waals surface area contributed by atoms with Crippen molar-refractivity contribution in [3.05, 3.63) is 42.2 Å². The molecular formula is C14H11Cl2NO2S2. The summed E-state index contributed by atoms with van der Waals surface area (Å²) < 4.78 is 0.877. The van der Waals surface area contributed by atoms with E-state index < -0.39 is 0 Å². The van der Waals surface area contributed by atoms with E-state index in [1.807, 2.05) is 12.1 Å². The van der Waals surface area contributed by atoms with Gasteiger partial charge in [0.1, 0.15) is 4.34 Å². The van der Waals surface area contributed by atoms with E-state index in [0.717, 1.165) is 9.75 Å². The molecule has 2 N–H and O–H groups in total. The third-order valence-electron chi connectivity index (χ3n) is 2.43. The van der Waals surface area contributed by atoms with Gasteiger partial charge in [-0.2, -0.15) is 0 Å². The van der Waals surface area contributed by atoms with Crippen molar-refractivity contribution in [1.29, 1.82) is 0 Å². The first-order valence-electron chi connectivity index (χ1n) is 6.01. The molecule has 2 aromatic heterocycles. The van der Waals surface area contributed by atoms with Crippen LogP contribution in [0.4, 0.5) is 0 Å². The molecular weight excluding hydrogens is 349 g/mol. The second-order valence-corrected chi connectivity index (χ2v) is 7.42. The Morgan fingerprint density at radius 2 is 2.14 bits per heavy atom. The minimum atomic E-state index is -0.246. The average Bonchev–Trinajstić information content (AvgIpc) is 3.03. The molecule has 0 aliphatic heterocycles. The van der Waals surface area contributed by atoms with Gasteiger partial charge in [0.2, 0.25) is 0 Å².